The second-order valence-electron chi connectivity index (χ2n) is 6.83. The molecule has 0 radical (unpaired) electrons. The third kappa shape index (κ3) is 5.69. The van der Waals surface area contributed by atoms with Crippen LogP contribution in [0.1, 0.15) is 32.3 Å². The van der Waals surface area contributed by atoms with Gasteiger partial charge in [0.15, 0.2) is 0 Å². The van der Waals surface area contributed by atoms with Crippen LogP contribution < -0.4 is 10.6 Å². The lowest BCUT2D eigenvalue weighted by atomic mass is 9.97. The Morgan fingerprint density at radius 3 is 2.41 bits per heavy atom. The number of halogens is 3. The Labute approximate surface area is 167 Å². The van der Waals surface area contributed by atoms with Crippen molar-refractivity contribution in [2.75, 3.05) is 19.6 Å². The van der Waals surface area contributed by atoms with Gasteiger partial charge in [0.05, 0.1) is 10.5 Å². The predicted molar refractivity (Wildman–Crippen MR) is 99.2 cm³/mol. The summed E-state index contributed by atoms with van der Waals surface area (Å²) in [5.41, 5.74) is -1.04. The van der Waals surface area contributed by atoms with Gasteiger partial charge in [-0.1, -0.05) is 6.07 Å². The molecule has 7 nitrogen and oxygen atoms in total. The highest BCUT2D eigenvalue weighted by Crippen LogP contribution is 2.32. The Morgan fingerprint density at radius 1 is 1.24 bits per heavy atom. The highest BCUT2D eigenvalue weighted by atomic mass is 32.2. The minimum absolute atomic E-state index is 0.00615. The zero-order valence-electron chi connectivity index (χ0n) is 16.1. The number of nitrogens with one attached hydrogen (secondary N) is 2. The third-order valence-electron chi connectivity index (χ3n) is 4.73. The smallest absolute Gasteiger partial charge is 0.355 e. The summed E-state index contributed by atoms with van der Waals surface area (Å²) in [6, 6.07) is 2.89. The van der Waals surface area contributed by atoms with E-state index in [1.165, 1.54) is 0 Å². The zero-order chi connectivity index (χ0) is 21.8. The molecule has 162 valence electrons. The number of likely N-dealkylation sites (N-methyl/N-ethyl adjacent to an activating group) is 1. The van der Waals surface area contributed by atoms with Crippen LogP contribution in [0.15, 0.2) is 29.2 Å². The summed E-state index contributed by atoms with van der Waals surface area (Å²) in [7, 11) is -4.10. The molecular weight excluding hydrogens is 411 g/mol. The molecule has 1 atom stereocenters. The maximum atomic E-state index is 12.9. The summed E-state index contributed by atoms with van der Waals surface area (Å²) in [6.45, 7) is 3.76. The lowest BCUT2D eigenvalue weighted by Gasteiger charge is -2.31. The molecule has 0 aliphatic carbocycles. The first-order valence-corrected chi connectivity index (χ1v) is 10.7. The van der Waals surface area contributed by atoms with Crippen molar-refractivity contribution >= 4 is 21.8 Å². The maximum absolute atomic E-state index is 12.9. The minimum atomic E-state index is -4.64. The molecule has 0 aromatic heterocycles. The number of rotatable bonds is 6. The molecule has 2 rings (SSSR count). The van der Waals surface area contributed by atoms with Gasteiger partial charge in [-0.2, -0.15) is 17.5 Å². The van der Waals surface area contributed by atoms with Crippen molar-refractivity contribution in [2.24, 2.45) is 5.92 Å². The Bertz CT molecular complexity index is 850. The van der Waals surface area contributed by atoms with E-state index >= 15 is 0 Å². The van der Waals surface area contributed by atoms with Gasteiger partial charge in [0.1, 0.15) is 6.04 Å². The molecule has 0 spiro atoms. The molecule has 2 amide bonds. The van der Waals surface area contributed by atoms with E-state index in [1.807, 2.05) is 0 Å². The van der Waals surface area contributed by atoms with Crippen LogP contribution in [0.2, 0.25) is 0 Å². The largest absolute Gasteiger partial charge is 0.416 e. The van der Waals surface area contributed by atoms with Gasteiger partial charge in [0.2, 0.25) is 21.8 Å². The van der Waals surface area contributed by atoms with Crippen molar-refractivity contribution in [1.29, 1.82) is 0 Å². The number of hydrogen-bond donors (Lipinski definition) is 2. The van der Waals surface area contributed by atoms with Crippen LogP contribution in [0.25, 0.3) is 0 Å². The van der Waals surface area contributed by atoms with Crippen LogP contribution in [0, 0.1) is 5.92 Å². The van der Waals surface area contributed by atoms with Crippen molar-refractivity contribution in [3.63, 3.8) is 0 Å². The normalized spacial score (nSPS) is 17.6. The standard InChI is InChI=1S/C18H24F3N3O4S/c1-3-22-16(25)12(2)23-17(26)13-7-9-24(10-8-13)29(27,28)15-6-4-5-14(11-15)18(19,20)21/h4-6,11-13H,3,7-10H2,1-2H3,(H,22,25)(H,23,26)/t12-/m0/s1. The van der Waals surface area contributed by atoms with E-state index in [9.17, 15) is 31.2 Å². The van der Waals surface area contributed by atoms with Crippen LogP contribution in [0.4, 0.5) is 13.2 Å². The monoisotopic (exact) mass is 435 g/mol. The fraction of sp³-hybridized carbons (Fsp3) is 0.556. The first-order valence-electron chi connectivity index (χ1n) is 9.22. The molecular formula is C18H24F3N3O4S. The van der Waals surface area contributed by atoms with Crippen molar-refractivity contribution in [3.05, 3.63) is 29.8 Å². The van der Waals surface area contributed by atoms with E-state index in [2.05, 4.69) is 10.6 Å². The summed E-state index contributed by atoms with van der Waals surface area (Å²) >= 11 is 0. The van der Waals surface area contributed by atoms with Gasteiger partial charge in [0, 0.05) is 25.6 Å². The number of carbonyl (C=O) groups is 2. The molecule has 1 aliphatic heterocycles. The molecule has 1 heterocycles. The Kier molecular flexibility index (Phi) is 7.28. The fourth-order valence-electron chi connectivity index (χ4n) is 3.06. The van der Waals surface area contributed by atoms with Crippen molar-refractivity contribution in [2.45, 2.75) is 43.8 Å². The van der Waals surface area contributed by atoms with E-state index in [0.29, 0.717) is 12.6 Å². The molecule has 1 fully saturated rings. The molecule has 11 heteroatoms. The van der Waals surface area contributed by atoms with Crippen LogP contribution in [0.5, 0.6) is 0 Å². The number of hydrogen-bond acceptors (Lipinski definition) is 4. The average Bonchev–Trinajstić information content (AvgIpc) is 2.67. The molecule has 1 saturated heterocycles. The Hall–Kier alpha value is -2.14. The number of amides is 2. The van der Waals surface area contributed by atoms with Gasteiger partial charge in [-0.25, -0.2) is 8.42 Å². The lowest BCUT2D eigenvalue weighted by molar-refractivity contribution is -0.137. The summed E-state index contributed by atoms with van der Waals surface area (Å²) in [4.78, 5) is 23.6. The zero-order valence-corrected chi connectivity index (χ0v) is 16.9. The molecule has 0 saturated carbocycles. The Balaban J connectivity index is 2.01. The van der Waals surface area contributed by atoms with Crippen LogP contribution in [0.3, 0.4) is 0 Å². The third-order valence-corrected chi connectivity index (χ3v) is 6.62. The molecule has 1 aromatic carbocycles. The summed E-state index contributed by atoms with van der Waals surface area (Å²) < 4.78 is 65.1. The molecule has 0 bridgehead atoms. The van der Waals surface area contributed by atoms with E-state index < -0.39 is 38.6 Å². The second-order valence-corrected chi connectivity index (χ2v) is 8.77. The molecule has 1 aromatic rings. The number of alkyl halides is 3. The summed E-state index contributed by atoms with van der Waals surface area (Å²) in [6.07, 6.45) is -4.21. The van der Waals surface area contributed by atoms with E-state index in [-0.39, 0.29) is 37.7 Å². The number of carbonyl (C=O) groups excluding carboxylic acids is 2. The number of piperidine rings is 1. The highest BCUT2D eigenvalue weighted by molar-refractivity contribution is 7.89. The van der Waals surface area contributed by atoms with Gasteiger partial charge in [-0.05, 0) is 44.9 Å². The van der Waals surface area contributed by atoms with E-state index in [4.69, 9.17) is 0 Å². The van der Waals surface area contributed by atoms with Gasteiger partial charge in [0.25, 0.3) is 0 Å². The van der Waals surface area contributed by atoms with Crippen LogP contribution >= 0.6 is 0 Å². The first kappa shape index (κ1) is 23.1. The fourth-order valence-corrected chi connectivity index (χ4v) is 4.58. The van der Waals surface area contributed by atoms with Gasteiger partial charge in [-0.3, -0.25) is 9.59 Å². The van der Waals surface area contributed by atoms with E-state index in [0.717, 1.165) is 22.5 Å². The second kappa shape index (κ2) is 9.12. The van der Waals surface area contributed by atoms with Crippen molar-refractivity contribution in [1.82, 2.24) is 14.9 Å². The number of sulfonamides is 1. The summed E-state index contributed by atoms with van der Waals surface area (Å²) in [5, 5.41) is 5.19. The average molecular weight is 435 g/mol. The topological polar surface area (TPSA) is 95.6 Å². The number of nitrogens with zero attached hydrogens (tertiary/aromatic N) is 1. The molecule has 0 unspecified atom stereocenters. The number of benzene rings is 1. The van der Waals surface area contributed by atoms with Crippen LogP contribution in [-0.4, -0.2) is 50.2 Å². The quantitative estimate of drug-likeness (QED) is 0.712. The first-order chi connectivity index (χ1) is 13.5. The van der Waals surface area contributed by atoms with Crippen molar-refractivity contribution < 1.29 is 31.2 Å². The summed E-state index contributed by atoms with van der Waals surface area (Å²) in [5.74, 6) is -1.13. The van der Waals surface area contributed by atoms with Gasteiger partial charge < -0.3 is 10.6 Å². The SMILES string of the molecule is CCNC(=O)[C@H](C)NC(=O)C1CCN(S(=O)(=O)c2cccc(C(F)(F)F)c2)CC1. The van der Waals surface area contributed by atoms with Crippen molar-refractivity contribution in [3.8, 4) is 0 Å². The molecule has 2 N–H and O–H groups in total. The predicted octanol–water partition coefficient (Wildman–Crippen LogP) is 1.75. The Morgan fingerprint density at radius 2 is 1.86 bits per heavy atom. The van der Waals surface area contributed by atoms with Gasteiger partial charge in [-0.15, -0.1) is 0 Å². The minimum Gasteiger partial charge on any atom is -0.355 e. The van der Waals surface area contributed by atoms with Crippen LogP contribution in [-0.2, 0) is 25.8 Å². The van der Waals surface area contributed by atoms with E-state index in [1.54, 1.807) is 13.8 Å². The molecule has 29 heavy (non-hydrogen) atoms. The highest BCUT2D eigenvalue weighted by Gasteiger charge is 2.35. The lowest BCUT2D eigenvalue weighted by Crippen LogP contribution is -2.49. The van der Waals surface area contributed by atoms with Gasteiger partial charge >= 0.3 is 6.18 Å². The molecule has 1 aliphatic rings. The maximum Gasteiger partial charge on any atom is 0.416 e.